The number of nitrogens with zero attached hydrogens (tertiary/aromatic N) is 2. The Morgan fingerprint density at radius 1 is 0.950 bits per heavy atom. The van der Waals surface area contributed by atoms with Crippen LogP contribution < -0.4 is 5.56 Å². The van der Waals surface area contributed by atoms with Gasteiger partial charge in [-0.3, -0.25) is 9.36 Å². The fourth-order valence-electron chi connectivity index (χ4n) is 2.83. The van der Waals surface area contributed by atoms with Gasteiger partial charge in [0.2, 0.25) is 0 Å². The molecule has 2 rings (SSSR count). The highest BCUT2D eigenvalue weighted by atomic mass is 16.1. The first-order valence-electron chi connectivity index (χ1n) is 6.58. The summed E-state index contributed by atoms with van der Waals surface area (Å²) in [5, 5.41) is 9.18. The number of hydrogen-bond acceptors (Lipinski definition) is 2. The maximum absolute atomic E-state index is 12.6. The topological polar surface area (TPSA) is 45.8 Å². The molecule has 0 atom stereocenters. The number of aryl methyl sites for hydroxylation is 5. The van der Waals surface area contributed by atoms with Gasteiger partial charge < -0.3 is 0 Å². The van der Waals surface area contributed by atoms with Crippen molar-refractivity contribution >= 4 is 0 Å². The fourth-order valence-corrected chi connectivity index (χ4v) is 2.83. The van der Waals surface area contributed by atoms with Gasteiger partial charge in [0.15, 0.2) is 0 Å². The Balaban J connectivity index is 2.92. The van der Waals surface area contributed by atoms with Gasteiger partial charge in [-0.25, -0.2) is 0 Å². The minimum Gasteiger partial charge on any atom is -0.280 e. The summed E-state index contributed by atoms with van der Waals surface area (Å²) in [5.74, 6) is 0. The third-order valence-corrected chi connectivity index (χ3v) is 3.56. The van der Waals surface area contributed by atoms with E-state index in [1.807, 2.05) is 39.8 Å². The van der Waals surface area contributed by atoms with Crippen LogP contribution in [-0.4, -0.2) is 4.57 Å². The summed E-state index contributed by atoms with van der Waals surface area (Å²) in [6.45, 7) is 9.72. The Kier molecular flexibility index (Phi) is 3.50. The first-order valence-corrected chi connectivity index (χ1v) is 6.58. The van der Waals surface area contributed by atoms with Gasteiger partial charge in [0, 0.05) is 5.69 Å². The second kappa shape index (κ2) is 4.97. The van der Waals surface area contributed by atoms with Gasteiger partial charge in [0.1, 0.15) is 11.6 Å². The van der Waals surface area contributed by atoms with Crippen LogP contribution in [0.5, 0.6) is 0 Å². The van der Waals surface area contributed by atoms with Crippen molar-refractivity contribution in [1.29, 1.82) is 5.26 Å². The van der Waals surface area contributed by atoms with Crippen LogP contribution in [0.15, 0.2) is 23.0 Å². The van der Waals surface area contributed by atoms with Crippen LogP contribution in [0.1, 0.15) is 33.5 Å². The van der Waals surface area contributed by atoms with Crippen LogP contribution in [0.2, 0.25) is 0 Å². The summed E-state index contributed by atoms with van der Waals surface area (Å²) < 4.78 is 1.65. The number of aromatic nitrogens is 1. The smallest absolute Gasteiger partial charge is 0.273 e. The zero-order valence-electron chi connectivity index (χ0n) is 12.5. The predicted molar refractivity (Wildman–Crippen MR) is 80.4 cm³/mol. The SMILES string of the molecule is Cc1cc(C)c(-n2c(C)cc(C)c(C#N)c2=O)c(C)c1. The van der Waals surface area contributed by atoms with Crippen molar-refractivity contribution in [2.24, 2.45) is 0 Å². The van der Waals surface area contributed by atoms with E-state index in [4.69, 9.17) is 0 Å². The normalized spacial score (nSPS) is 10.4. The van der Waals surface area contributed by atoms with E-state index in [-0.39, 0.29) is 11.1 Å². The van der Waals surface area contributed by atoms with E-state index in [2.05, 4.69) is 12.1 Å². The molecule has 0 aliphatic heterocycles. The van der Waals surface area contributed by atoms with Crippen LogP contribution in [0, 0.1) is 45.9 Å². The largest absolute Gasteiger partial charge is 0.280 e. The molecule has 2 aromatic rings. The van der Waals surface area contributed by atoms with Crippen molar-refractivity contribution in [1.82, 2.24) is 4.57 Å². The summed E-state index contributed by atoms with van der Waals surface area (Å²) in [6.07, 6.45) is 0. The van der Waals surface area contributed by atoms with Crippen molar-refractivity contribution < 1.29 is 0 Å². The molecule has 0 spiro atoms. The van der Waals surface area contributed by atoms with E-state index in [1.165, 1.54) is 5.56 Å². The molecule has 0 bridgehead atoms. The van der Waals surface area contributed by atoms with E-state index in [0.717, 1.165) is 28.1 Å². The minimum absolute atomic E-state index is 0.218. The van der Waals surface area contributed by atoms with Crippen LogP contribution in [0.4, 0.5) is 0 Å². The number of benzene rings is 1. The molecule has 102 valence electrons. The molecular weight excluding hydrogens is 248 g/mol. The lowest BCUT2D eigenvalue weighted by Crippen LogP contribution is -2.25. The summed E-state index contributed by atoms with van der Waals surface area (Å²) in [6, 6.07) is 8.02. The van der Waals surface area contributed by atoms with Gasteiger partial charge in [-0.1, -0.05) is 17.7 Å². The molecule has 3 nitrogen and oxygen atoms in total. The van der Waals surface area contributed by atoms with Crippen molar-refractivity contribution in [3.05, 3.63) is 62.1 Å². The Labute approximate surface area is 119 Å². The standard InChI is InChI=1S/C17H18N2O/c1-10-6-12(3)16(13(4)7-10)19-14(5)8-11(2)15(9-18)17(19)20/h6-8H,1-5H3. The molecule has 20 heavy (non-hydrogen) atoms. The second-order valence-electron chi connectivity index (χ2n) is 5.34. The maximum atomic E-state index is 12.6. The predicted octanol–water partition coefficient (Wildman–Crippen LogP) is 3.25. The first-order chi connectivity index (χ1) is 9.36. The number of nitriles is 1. The molecule has 0 aliphatic rings. The number of hydrogen-bond donors (Lipinski definition) is 0. The molecule has 0 fully saturated rings. The van der Waals surface area contributed by atoms with Crippen molar-refractivity contribution in [3.8, 4) is 11.8 Å². The quantitative estimate of drug-likeness (QED) is 0.795. The van der Waals surface area contributed by atoms with Crippen LogP contribution >= 0.6 is 0 Å². The Hall–Kier alpha value is -2.34. The third kappa shape index (κ3) is 2.14. The Bertz CT molecular complexity index is 769. The average molecular weight is 266 g/mol. The lowest BCUT2D eigenvalue weighted by molar-refractivity contribution is 0.902. The summed E-state index contributed by atoms with van der Waals surface area (Å²) in [5.41, 5.74) is 5.70. The highest BCUT2D eigenvalue weighted by Crippen LogP contribution is 2.21. The molecule has 1 heterocycles. The van der Waals surface area contributed by atoms with Crippen molar-refractivity contribution in [2.45, 2.75) is 34.6 Å². The lowest BCUT2D eigenvalue weighted by Gasteiger charge is -2.17. The zero-order chi connectivity index (χ0) is 15.0. The molecule has 1 aromatic heterocycles. The van der Waals surface area contributed by atoms with E-state index in [1.54, 1.807) is 11.5 Å². The summed E-state index contributed by atoms with van der Waals surface area (Å²) in [4.78, 5) is 12.6. The highest BCUT2D eigenvalue weighted by molar-refractivity contribution is 5.52. The molecule has 3 heteroatoms. The van der Waals surface area contributed by atoms with Gasteiger partial charge in [-0.05, 0) is 57.4 Å². The molecule has 0 saturated heterocycles. The van der Waals surface area contributed by atoms with Gasteiger partial charge >= 0.3 is 0 Å². The van der Waals surface area contributed by atoms with Gasteiger partial charge in [0.05, 0.1) is 5.69 Å². The highest BCUT2D eigenvalue weighted by Gasteiger charge is 2.14. The Morgan fingerprint density at radius 3 is 2.00 bits per heavy atom. The molecule has 0 aliphatic carbocycles. The molecular formula is C17H18N2O. The van der Waals surface area contributed by atoms with E-state index in [0.29, 0.717) is 0 Å². The third-order valence-electron chi connectivity index (χ3n) is 3.56. The summed E-state index contributed by atoms with van der Waals surface area (Å²) >= 11 is 0. The average Bonchev–Trinajstić information content (AvgIpc) is 2.32. The zero-order valence-corrected chi connectivity index (χ0v) is 12.5. The molecule has 0 unspecified atom stereocenters. The monoisotopic (exact) mass is 266 g/mol. The second-order valence-corrected chi connectivity index (χ2v) is 5.34. The van der Waals surface area contributed by atoms with E-state index >= 15 is 0 Å². The van der Waals surface area contributed by atoms with Crippen LogP contribution in [-0.2, 0) is 0 Å². The molecule has 0 N–H and O–H groups in total. The first kappa shape index (κ1) is 14.1. The van der Waals surface area contributed by atoms with Crippen molar-refractivity contribution in [2.75, 3.05) is 0 Å². The van der Waals surface area contributed by atoms with E-state index < -0.39 is 0 Å². The minimum atomic E-state index is -0.236. The Morgan fingerprint density at radius 2 is 1.50 bits per heavy atom. The van der Waals surface area contributed by atoms with Gasteiger partial charge in [0.25, 0.3) is 5.56 Å². The van der Waals surface area contributed by atoms with Crippen molar-refractivity contribution in [3.63, 3.8) is 0 Å². The lowest BCUT2D eigenvalue weighted by atomic mass is 10.0. The van der Waals surface area contributed by atoms with E-state index in [9.17, 15) is 10.1 Å². The molecule has 0 saturated carbocycles. The number of pyridine rings is 1. The molecule has 0 amide bonds. The molecule has 1 aromatic carbocycles. The molecule has 0 radical (unpaired) electrons. The van der Waals surface area contributed by atoms with Crippen LogP contribution in [0.25, 0.3) is 5.69 Å². The van der Waals surface area contributed by atoms with Gasteiger partial charge in [-0.2, -0.15) is 5.26 Å². The van der Waals surface area contributed by atoms with Gasteiger partial charge in [-0.15, -0.1) is 0 Å². The number of rotatable bonds is 1. The fraction of sp³-hybridized carbons (Fsp3) is 0.294. The van der Waals surface area contributed by atoms with Crippen LogP contribution in [0.3, 0.4) is 0 Å². The maximum Gasteiger partial charge on any atom is 0.273 e. The summed E-state index contributed by atoms with van der Waals surface area (Å²) in [7, 11) is 0.